The van der Waals surface area contributed by atoms with E-state index in [-0.39, 0.29) is 0 Å². The molecule has 0 unspecified atom stereocenters. The molecule has 0 aliphatic carbocycles. The second-order valence-electron chi connectivity index (χ2n) is 2.75. The van der Waals surface area contributed by atoms with Crippen LogP contribution in [0.1, 0.15) is 6.92 Å². The number of ether oxygens (including phenoxy) is 1. The van der Waals surface area contributed by atoms with E-state index in [0.29, 0.717) is 0 Å². The number of nitrogens with two attached hydrogens (primary N) is 1. The van der Waals surface area contributed by atoms with E-state index in [0.717, 1.165) is 31.1 Å². The van der Waals surface area contributed by atoms with Crippen LogP contribution in [0.4, 0.5) is 11.4 Å². The van der Waals surface area contributed by atoms with Crippen LogP contribution in [0.3, 0.4) is 0 Å². The van der Waals surface area contributed by atoms with Crippen LogP contribution in [0.25, 0.3) is 0 Å². The highest BCUT2D eigenvalue weighted by Gasteiger charge is 1.91. The fourth-order valence-corrected chi connectivity index (χ4v) is 1.06. The zero-order valence-corrected chi connectivity index (χ0v) is 7.92. The van der Waals surface area contributed by atoms with E-state index in [1.54, 1.807) is 0 Å². The Hall–Kier alpha value is -1.22. The van der Waals surface area contributed by atoms with E-state index in [1.165, 1.54) is 0 Å². The number of nitrogen functional groups attached to an aromatic ring is 1. The summed E-state index contributed by atoms with van der Waals surface area (Å²) in [5.74, 6) is 0. The number of anilines is 2. The van der Waals surface area contributed by atoms with E-state index in [1.807, 2.05) is 31.2 Å². The summed E-state index contributed by atoms with van der Waals surface area (Å²) in [4.78, 5) is 0. The monoisotopic (exact) mass is 180 g/mol. The first kappa shape index (κ1) is 9.86. The van der Waals surface area contributed by atoms with Crippen molar-refractivity contribution in [3.05, 3.63) is 24.3 Å². The molecule has 72 valence electrons. The summed E-state index contributed by atoms with van der Waals surface area (Å²) in [6.45, 7) is 4.29. The van der Waals surface area contributed by atoms with Crippen molar-refractivity contribution in [1.82, 2.24) is 0 Å². The Morgan fingerprint density at radius 2 is 2.31 bits per heavy atom. The van der Waals surface area contributed by atoms with E-state index in [9.17, 15) is 0 Å². The first-order valence-corrected chi connectivity index (χ1v) is 4.50. The van der Waals surface area contributed by atoms with Crippen LogP contribution < -0.4 is 11.1 Å². The van der Waals surface area contributed by atoms with Crippen LogP contribution in [-0.4, -0.2) is 19.8 Å². The van der Waals surface area contributed by atoms with Crippen LogP contribution in [0, 0.1) is 0 Å². The zero-order chi connectivity index (χ0) is 9.52. The molecule has 1 aromatic carbocycles. The van der Waals surface area contributed by atoms with Gasteiger partial charge in [0.2, 0.25) is 0 Å². The SMILES string of the molecule is CCOCCNc1cccc(N)c1. The molecule has 0 aliphatic rings. The summed E-state index contributed by atoms with van der Waals surface area (Å²) in [5.41, 5.74) is 7.44. The molecule has 0 spiro atoms. The van der Waals surface area contributed by atoms with Crippen LogP contribution >= 0.6 is 0 Å². The molecule has 0 radical (unpaired) electrons. The molecule has 0 fully saturated rings. The Balaban J connectivity index is 2.28. The molecule has 0 aliphatic heterocycles. The van der Waals surface area contributed by atoms with Gasteiger partial charge in [-0.05, 0) is 25.1 Å². The van der Waals surface area contributed by atoms with Gasteiger partial charge in [0.25, 0.3) is 0 Å². The Kier molecular flexibility index (Phi) is 4.12. The minimum Gasteiger partial charge on any atom is -0.399 e. The summed E-state index contributed by atoms with van der Waals surface area (Å²) in [7, 11) is 0. The van der Waals surface area contributed by atoms with Crippen molar-refractivity contribution in [2.24, 2.45) is 0 Å². The number of hydrogen-bond donors (Lipinski definition) is 2. The van der Waals surface area contributed by atoms with E-state index < -0.39 is 0 Å². The summed E-state index contributed by atoms with van der Waals surface area (Å²) >= 11 is 0. The Morgan fingerprint density at radius 1 is 1.46 bits per heavy atom. The normalized spacial score (nSPS) is 9.92. The minimum absolute atomic E-state index is 0.727. The lowest BCUT2D eigenvalue weighted by Gasteiger charge is -2.06. The zero-order valence-electron chi connectivity index (χ0n) is 7.92. The maximum atomic E-state index is 5.62. The highest BCUT2D eigenvalue weighted by Crippen LogP contribution is 2.10. The van der Waals surface area contributed by atoms with Crippen LogP contribution in [-0.2, 0) is 4.74 Å². The standard InChI is InChI=1S/C10H16N2O/c1-2-13-7-6-12-10-5-3-4-9(11)8-10/h3-5,8,12H,2,6-7,11H2,1H3. The quantitative estimate of drug-likeness (QED) is 0.535. The number of hydrogen-bond acceptors (Lipinski definition) is 3. The molecule has 0 heterocycles. The average molecular weight is 180 g/mol. The first-order chi connectivity index (χ1) is 6.33. The van der Waals surface area contributed by atoms with Crippen molar-refractivity contribution in [3.8, 4) is 0 Å². The number of rotatable bonds is 5. The lowest BCUT2D eigenvalue weighted by Crippen LogP contribution is -2.09. The van der Waals surface area contributed by atoms with E-state index >= 15 is 0 Å². The van der Waals surface area contributed by atoms with Gasteiger partial charge in [-0.15, -0.1) is 0 Å². The van der Waals surface area contributed by atoms with Gasteiger partial charge in [0.1, 0.15) is 0 Å². The third kappa shape index (κ3) is 3.80. The number of benzene rings is 1. The van der Waals surface area contributed by atoms with Crippen molar-refractivity contribution < 1.29 is 4.74 Å². The van der Waals surface area contributed by atoms with Gasteiger partial charge in [0, 0.05) is 24.5 Å². The van der Waals surface area contributed by atoms with Gasteiger partial charge < -0.3 is 15.8 Å². The molecule has 3 N–H and O–H groups in total. The fraction of sp³-hybridized carbons (Fsp3) is 0.400. The molecule has 13 heavy (non-hydrogen) atoms. The molecule has 0 aromatic heterocycles. The van der Waals surface area contributed by atoms with E-state index in [4.69, 9.17) is 10.5 Å². The van der Waals surface area contributed by atoms with Crippen molar-refractivity contribution in [2.45, 2.75) is 6.92 Å². The Bertz CT molecular complexity index is 250. The molecular formula is C10H16N2O. The Labute approximate surface area is 78.9 Å². The van der Waals surface area contributed by atoms with Gasteiger partial charge in [-0.2, -0.15) is 0 Å². The van der Waals surface area contributed by atoms with Gasteiger partial charge in [0.15, 0.2) is 0 Å². The van der Waals surface area contributed by atoms with Crippen molar-refractivity contribution in [3.63, 3.8) is 0 Å². The summed E-state index contributed by atoms with van der Waals surface area (Å²) < 4.78 is 5.19. The predicted octanol–water partition coefficient (Wildman–Crippen LogP) is 1.72. The lowest BCUT2D eigenvalue weighted by atomic mass is 10.3. The third-order valence-corrected chi connectivity index (χ3v) is 1.67. The second kappa shape index (κ2) is 5.43. The maximum absolute atomic E-state index is 5.62. The van der Waals surface area contributed by atoms with Gasteiger partial charge in [0.05, 0.1) is 6.61 Å². The molecule has 0 saturated heterocycles. The molecule has 0 atom stereocenters. The molecule has 1 rings (SSSR count). The van der Waals surface area contributed by atoms with Crippen LogP contribution in [0.5, 0.6) is 0 Å². The number of nitrogens with one attached hydrogen (secondary N) is 1. The second-order valence-corrected chi connectivity index (χ2v) is 2.75. The molecule has 0 saturated carbocycles. The van der Waals surface area contributed by atoms with E-state index in [2.05, 4.69) is 5.32 Å². The molecule has 3 nitrogen and oxygen atoms in total. The third-order valence-electron chi connectivity index (χ3n) is 1.67. The summed E-state index contributed by atoms with van der Waals surface area (Å²) in [6.07, 6.45) is 0. The maximum Gasteiger partial charge on any atom is 0.0638 e. The molecular weight excluding hydrogens is 164 g/mol. The highest BCUT2D eigenvalue weighted by molar-refractivity contribution is 5.53. The fourth-order valence-electron chi connectivity index (χ4n) is 1.06. The van der Waals surface area contributed by atoms with Crippen molar-refractivity contribution in [1.29, 1.82) is 0 Å². The molecule has 3 heteroatoms. The van der Waals surface area contributed by atoms with Crippen molar-refractivity contribution >= 4 is 11.4 Å². The largest absolute Gasteiger partial charge is 0.399 e. The summed E-state index contributed by atoms with van der Waals surface area (Å²) in [6, 6.07) is 7.69. The average Bonchev–Trinajstić information content (AvgIpc) is 2.13. The van der Waals surface area contributed by atoms with Gasteiger partial charge >= 0.3 is 0 Å². The first-order valence-electron chi connectivity index (χ1n) is 4.50. The van der Waals surface area contributed by atoms with Crippen LogP contribution in [0.15, 0.2) is 24.3 Å². The highest BCUT2D eigenvalue weighted by atomic mass is 16.5. The molecule has 1 aromatic rings. The van der Waals surface area contributed by atoms with Gasteiger partial charge in [-0.25, -0.2) is 0 Å². The van der Waals surface area contributed by atoms with Gasteiger partial charge in [-0.1, -0.05) is 6.07 Å². The van der Waals surface area contributed by atoms with Crippen molar-refractivity contribution in [2.75, 3.05) is 30.8 Å². The smallest absolute Gasteiger partial charge is 0.0638 e. The molecule has 0 bridgehead atoms. The Morgan fingerprint density at radius 3 is 3.00 bits per heavy atom. The lowest BCUT2D eigenvalue weighted by molar-refractivity contribution is 0.158. The molecule has 0 amide bonds. The van der Waals surface area contributed by atoms with Crippen LogP contribution in [0.2, 0.25) is 0 Å². The topological polar surface area (TPSA) is 47.3 Å². The predicted molar refractivity (Wildman–Crippen MR) is 55.8 cm³/mol. The summed E-state index contributed by atoms with van der Waals surface area (Å²) in [5, 5.41) is 3.22. The minimum atomic E-state index is 0.727. The van der Waals surface area contributed by atoms with Gasteiger partial charge in [-0.3, -0.25) is 0 Å².